The van der Waals surface area contributed by atoms with Crippen molar-refractivity contribution in [3.05, 3.63) is 22.9 Å². The van der Waals surface area contributed by atoms with Crippen molar-refractivity contribution in [2.45, 2.75) is 32.6 Å². The minimum absolute atomic E-state index is 0. The second-order valence-electron chi connectivity index (χ2n) is 8.58. The van der Waals surface area contributed by atoms with E-state index in [2.05, 4.69) is 19.7 Å². The molecule has 3 aliphatic rings. The number of hydrogen-bond acceptors (Lipinski definition) is 7. The highest BCUT2D eigenvalue weighted by molar-refractivity contribution is 6.23. The molecule has 32 heavy (non-hydrogen) atoms. The molecule has 3 aliphatic heterocycles. The summed E-state index contributed by atoms with van der Waals surface area (Å²) in [6.07, 6.45) is 4.18. The maximum atomic E-state index is 13.2. The molecule has 0 atom stereocenters. The Kier molecular flexibility index (Phi) is 10.2. The molecule has 0 aliphatic carbocycles. The lowest BCUT2D eigenvalue weighted by atomic mass is 10.1. The first kappa shape index (κ1) is 26.8. The molecule has 2 amide bonds. The highest BCUT2D eigenvalue weighted by Crippen LogP contribution is 2.32. The topological polar surface area (TPSA) is 80.2 Å². The molecule has 2 fully saturated rings. The minimum Gasteiger partial charge on any atom is -0.395 e. The van der Waals surface area contributed by atoms with Crippen LogP contribution in [0.25, 0.3) is 0 Å². The van der Waals surface area contributed by atoms with Crippen molar-refractivity contribution in [3.63, 3.8) is 0 Å². The van der Waals surface area contributed by atoms with Crippen molar-refractivity contribution in [2.75, 3.05) is 70.4 Å². The number of rotatable bonds is 7. The third-order valence-electron chi connectivity index (χ3n) is 6.46. The number of amides is 2. The first-order chi connectivity index (χ1) is 14.6. The van der Waals surface area contributed by atoms with Gasteiger partial charge in [-0.15, -0.1) is 24.8 Å². The number of carbonyl (C=O) groups excluding carboxylic acids is 2. The first-order valence-corrected chi connectivity index (χ1v) is 11.3. The van der Waals surface area contributed by atoms with E-state index in [0.717, 1.165) is 77.3 Å². The number of piperazine rings is 1. The maximum absolute atomic E-state index is 13.2. The van der Waals surface area contributed by atoms with Crippen molar-refractivity contribution in [3.8, 4) is 0 Å². The number of piperidine rings is 1. The van der Waals surface area contributed by atoms with Crippen LogP contribution in [-0.2, 0) is 0 Å². The Morgan fingerprint density at radius 3 is 2.12 bits per heavy atom. The number of aryl methyl sites for hydroxylation is 1. The second kappa shape index (κ2) is 12.1. The van der Waals surface area contributed by atoms with E-state index in [0.29, 0.717) is 23.5 Å². The number of β-amino-alcohol motifs (C(OH)–C–C–N with tert-alkyl or cyclic N) is 1. The van der Waals surface area contributed by atoms with E-state index in [9.17, 15) is 9.59 Å². The van der Waals surface area contributed by atoms with Crippen LogP contribution in [0.2, 0.25) is 0 Å². The van der Waals surface area contributed by atoms with Crippen LogP contribution in [0.1, 0.15) is 52.1 Å². The number of halogens is 2. The highest BCUT2D eigenvalue weighted by Gasteiger charge is 2.39. The lowest BCUT2D eigenvalue weighted by Gasteiger charge is -2.34. The zero-order valence-electron chi connectivity index (χ0n) is 18.8. The standard InChI is InChI=1S/C22H33N5O3.2ClH/c1-17-16-18-19(20(23-17)26-7-3-2-4-8-26)22(30)27(21(18)29)9-5-6-24-10-12-25(13-11-24)14-15-28;;/h16,28H,2-15H2,1H3;2*1H. The van der Waals surface area contributed by atoms with Gasteiger partial charge in [0.15, 0.2) is 0 Å². The molecule has 2 saturated heterocycles. The Morgan fingerprint density at radius 2 is 1.50 bits per heavy atom. The van der Waals surface area contributed by atoms with Gasteiger partial charge in [0.2, 0.25) is 0 Å². The fraction of sp³-hybridized carbons (Fsp3) is 0.682. The van der Waals surface area contributed by atoms with Crippen LogP contribution in [0.4, 0.5) is 5.82 Å². The van der Waals surface area contributed by atoms with Crippen LogP contribution in [0.15, 0.2) is 6.07 Å². The maximum Gasteiger partial charge on any atom is 0.265 e. The van der Waals surface area contributed by atoms with E-state index in [4.69, 9.17) is 5.11 Å². The summed E-state index contributed by atoms with van der Waals surface area (Å²) in [6.45, 7) is 9.77. The van der Waals surface area contributed by atoms with E-state index >= 15 is 0 Å². The van der Waals surface area contributed by atoms with Gasteiger partial charge in [0.25, 0.3) is 11.8 Å². The quantitative estimate of drug-likeness (QED) is 0.587. The van der Waals surface area contributed by atoms with Gasteiger partial charge < -0.3 is 14.9 Å². The summed E-state index contributed by atoms with van der Waals surface area (Å²) in [4.78, 5) is 39.1. The predicted octanol–water partition coefficient (Wildman–Crippen LogP) is 1.82. The molecule has 1 aromatic heterocycles. The van der Waals surface area contributed by atoms with Crippen molar-refractivity contribution in [1.29, 1.82) is 0 Å². The van der Waals surface area contributed by atoms with Gasteiger partial charge in [-0.05, 0) is 45.2 Å². The van der Waals surface area contributed by atoms with Gasteiger partial charge in [0, 0.05) is 58.1 Å². The Labute approximate surface area is 202 Å². The van der Waals surface area contributed by atoms with E-state index in [1.54, 1.807) is 6.07 Å². The number of anilines is 1. The number of hydrogen-bond donors (Lipinski definition) is 1. The highest BCUT2D eigenvalue weighted by atomic mass is 35.5. The number of aromatic nitrogens is 1. The number of carbonyl (C=O) groups is 2. The molecule has 1 aromatic rings. The SMILES string of the molecule is Cc1cc2c(c(N3CCCCC3)n1)C(=O)N(CCCN1CCN(CCO)CC1)C2=O.Cl.Cl. The van der Waals surface area contributed by atoms with Crippen LogP contribution in [0.5, 0.6) is 0 Å². The molecule has 180 valence electrons. The number of aliphatic hydroxyl groups excluding tert-OH is 1. The Balaban J connectivity index is 0.00000181. The summed E-state index contributed by atoms with van der Waals surface area (Å²) < 4.78 is 0. The predicted molar refractivity (Wildman–Crippen MR) is 129 cm³/mol. The molecule has 0 unspecified atom stereocenters. The lowest BCUT2D eigenvalue weighted by molar-refractivity contribution is 0.0639. The molecule has 0 saturated carbocycles. The van der Waals surface area contributed by atoms with Gasteiger partial charge in [0.05, 0.1) is 17.7 Å². The Bertz CT molecular complexity index is 796. The number of fused-ring (bicyclic) bond motifs is 1. The molecule has 0 bridgehead atoms. The third-order valence-corrected chi connectivity index (χ3v) is 6.46. The monoisotopic (exact) mass is 487 g/mol. The van der Waals surface area contributed by atoms with Crippen LogP contribution < -0.4 is 4.90 Å². The molecule has 8 nitrogen and oxygen atoms in total. The van der Waals surface area contributed by atoms with Crippen molar-refractivity contribution < 1.29 is 14.7 Å². The van der Waals surface area contributed by atoms with Crippen LogP contribution >= 0.6 is 24.8 Å². The van der Waals surface area contributed by atoms with Gasteiger partial charge in [-0.3, -0.25) is 19.4 Å². The zero-order valence-corrected chi connectivity index (χ0v) is 20.4. The fourth-order valence-corrected chi connectivity index (χ4v) is 4.78. The summed E-state index contributed by atoms with van der Waals surface area (Å²) in [5.41, 5.74) is 1.81. The van der Waals surface area contributed by atoms with Gasteiger partial charge in [0.1, 0.15) is 5.82 Å². The van der Waals surface area contributed by atoms with Gasteiger partial charge in [-0.25, -0.2) is 4.98 Å². The van der Waals surface area contributed by atoms with Crippen LogP contribution in [0.3, 0.4) is 0 Å². The number of aliphatic hydroxyl groups is 1. The molecule has 4 rings (SSSR count). The zero-order chi connectivity index (χ0) is 21.1. The first-order valence-electron chi connectivity index (χ1n) is 11.3. The molecular formula is C22H35Cl2N5O3. The Hall–Kier alpha value is -1.45. The number of pyridine rings is 1. The molecule has 4 heterocycles. The van der Waals surface area contributed by atoms with Crippen molar-refractivity contribution in [1.82, 2.24) is 19.7 Å². The largest absolute Gasteiger partial charge is 0.395 e. The fourth-order valence-electron chi connectivity index (χ4n) is 4.78. The van der Waals surface area contributed by atoms with Gasteiger partial charge >= 0.3 is 0 Å². The van der Waals surface area contributed by atoms with Crippen molar-refractivity contribution in [2.24, 2.45) is 0 Å². The van der Waals surface area contributed by atoms with E-state index < -0.39 is 0 Å². The number of imide groups is 1. The smallest absolute Gasteiger partial charge is 0.265 e. The molecular weight excluding hydrogens is 453 g/mol. The second-order valence-corrected chi connectivity index (χ2v) is 8.58. The van der Waals surface area contributed by atoms with Crippen LogP contribution in [0, 0.1) is 6.92 Å². The average Bonchev–Trinajstić information content (AvgIpc) is 3.00. The summed E-state index contributed by atoms with van der Waals surface area (Å²) in [6, 6.07) is 1.77. The number of nitrogens with zero attached hydrogens (tertiary/aromatic N) is 5. The third kappa shape index (κ3) is 5.72. The average molecular weight is 488 g/mol. The van der Waals surface area contributed by atoms with Crippen LogP contribution in [-0.4, -0.2) is 102 Å². The molecule has 0 aromatic carbocycles. The Morgan fingerprint density at radius 1 is 0.875 bits per heavy atom. The molecule has 10 heteroatoms. The summed E-state index contributed by atoms with van der Waals surface area (Å²) in [5.74, 6) is 0.341. The summed E-state index contributed by atoms with van der Waals surface area (Å²) in [5, 5.41) is 9.06. The molecule has 0 spiro atoms. The summed E-state index contributed by atoms with van der Waals surface area (Å²) in [7, 11) is 0. The minimum atomic E-state index is -0.184. The molecule has 1 N–H and O–H groups in total. The van der Waals surface area contributed by atoms with E-state index in [-0.39, 0.29) is 43.2 Å². The van der Waals surface area contributed by atoms with Crippen molar-refractivity contribution >= 4 is 42.4 Å². The van der Waals surface area contributed by atoms with E-state index in [1.807, 2.05) is 6.92 Å². The summed E-state index contributed by atoms with van der Waals surface area (Å²) >= 11 is 0. The van der Waals surface area contributed by atoms with Gasteiger partial charge in [-0.2, -0.15) is 0 Å². The normalized spacial score (nSPS) is 19.6. The molecule has 0 radical (unpaired) electrons. The van der Waals surface area contributed by atoms with E-state index in [1.165, 1.54) is 11.3 Å². The van der Waals surface area contributed by atoms with Gasteiger partial charge in [-0.1, -0.05) is 0 Å². The lowest BCUT2D eigenvalue weighted by Crippen LogP contribution is -2.47.